The van der Waals surface area contributed by atoms with Crippen molar-refractivity contribution < 1.29 is 0 Å². The molecular formula is C9H23N5. The van der Waals surface area contributed by atoms with Crippen LogP contribution in [0.15, 0.2) is 4.99 Å². The van der Waals surface area contributed by atoms with Crippen molar-refractivity contribution in [2.24, 2.45) is 10.8 Å². The molecule has 0 fully saturated rings. The summed E-state index contributed by atoms with van der Waals surface area (Å²) < 4.78 is 0. The molecule has 0 amide bonds. The summed E-state index contributed by atoms with van der Waals surface area (Å²) in [5.74, 6) is 5.97. The fourth-order valence-electron chi connectivity index (χ4n) is 1.05. The van der Waals surface area contributed by atoms with Crippen molar-refractivity contribution in [3.63, 3.8) is 0 Å². The topological polar surface area (TPSA) is 65.7 Å². The van der Waals surface area contributed by atoms with E-state index in [-0.39, 0.29) is 0 Å². The lowest BCUT2D eigenvalue weighted by molar-refractivity contribution is 0.378. The lowest BCUT2D eigenvalue weighted by atomic mass is 10.2. The van der Waals surface area contributed by atoms with Crippen LogP contribution in [-0.4, -0.2) is 44.1 Å². The van der Waals surface area contributed by atoms with Gasteiger partial charge in [0, 0.05) is 12.6 Å². The first kappa shape index (κ1) is 13.2. The summed E-state index contributed by atoms with van der Waals surface area (Å²) in [6, 6.07) is 0.374. The number of nitrogens with two attached hydrogens (primary N) is 1. The summed E-state index contributed by atoms with van der Waals surface area (Å²) in [6.45, 7) is 5.88. The Morgan fingerprint density at radius 2 is 2.14 bits per heavy atom. The standard InChI is InChI=1S/C9H23N5/c1-5-11-9(13-10)12-8(2)6-7-14(3)4/h8H,5-7,10H2,1-4H3,(H2,11,12,13). The van der Waals surface area contributed by atoms with Crippen LogP contribution in [0, 0.1) is 0 Å². The molecule has 0 aromatic carbocycles. The zero-order valence-corrected chi connectivity index (χ0v) is 9.67. The lowest BCUT2D eigenvalue weighted by Gasteiger charge is -2.18. The van der Waals surface area contributed by atoms with Gasteiger partial charge >= 0.3 is 0 Å². The second-order valence-corrected chi connectivity index (χ2v) is 3.60. The fourth-order valence-corrected chi connectivity index (χ4v) is 1.05. The first-order valence-corrected chi connectivity index (χ1v) is 5.02. The Kier molecular flexibility index (Phi) is 7.14. The van der Waals surface area contributed by atoms with E-state index < -0.39 is 0 Å². The Morgan fingerprint density at radius 1 is 1.50 bits per heavy atom. The van der Waals surface area contributed by atoms with Gasteiger partial charge in [-0.3, -0.25) is 10.4 Å². The predicted molar refractivity (Wildman–Crippen MR) is 61.1 cm³/mol. The number of rotatable bonds is 5. The van der Waals surface area contributed by atoms with E-state index in [0.717, 1.165) is 19.5 Å². The first-order valence-electron chi connectivity index (χ1n) is 5.02. The van der Waals surface area contributed by atoms with Crippen molar-refractivity contribution in [1.29, 1.82) is 0 Å². The summed E-state index contributed by atoms with van der Waals surface area (Å²) in [4.78, 5) is 6.32. The third-order valence-electron chi connectivity index (χ3n) is 1.85. The van der Waals surface area contributed by atoms with Crippen LogP contribution < -0.4 is 16.6 Å². The largest absolute Gasteiger partial charge is 0.353 e. The average molecular weight is 201 g/mol. The molecule has 84 valence electrons. The van der Waals surface area contributed by atoms with E-state index in [9.17, 15) is 0 Å². The van der Waals surface area contributed by atoms with Gasteiger partial charge in [-0.05, 0) is 40.9 Å². The minimum Gasteiger partial charge on any atom is -0.353 e. The number of guanidine groups is 1. The summed E-state index contributed by atoms with van der Waals surface area (Å²) in [7, 11) is 4.13. The summed E-state index contributed by atoms with van der Waals surface area (Å²) in [5, 5.41) is 3.21. The zero-order valence-electron chi connectivity index (χ0n) is 9.67. The molecule has 0 aliphatic heterocycles. The van der Waals surface area contributed by atoms with Crippen LogP contribution in [0.3, 0.4) is 0 Å². The van der Waals surface area contributed by atoms with Gasteiger partial charge in [-0.25, -0.2) is 5.84 Å². The van der Waals surface area contributed by atoms with Crippen LogP contribution in [0.1, 0.15) is 20.3 Å². The zero-order chi connectivity index (χ0) is 11.0. The molecule has 0 aliphatic carbocycles. The van der Waals surface area contributed by atoms with Crippen molar-refractivity contribution in [2.45, 2.75) is 26.3 Å². The molecule has 0 rings (SSSR count). The lowest BCUT2D eigenvalue weighted by Crippen LogP contribution is -2.46. The van der Waals surface area contributed by atoms with Crippen molar-refractivity contribution in [1.82, 2.24) is 15.6 Å². The second-order valence-electron chi connectivity index (χ2n) is 3.60. The molecule has 0 radical (unpaired) electrons. The van der Waals surface area contributed by atoms with E-state index in [1.54, 1.807) is 0 Å². The maximum atomic E-state index is 5.31. The normalized spacial score (nSPS) is 14.3. The Hall–Kier alpha value is -0.810. The van der Waals surface area contributed by atoms with Crippen LogP contribution in [0.2, 0.25) is 0 Å². The molecule has 0 saturated carbocycles. The highest BCUT2D eigenvalue weighted by Crippen LogP contribution is 1.91. The molecule has 0 aliphatic rings. The molecule has 0 spiro atoms. The first-order chi connectivity index (χ1) is 6.60. The van der Waals surface area contributed by atoms with E-state index in [1.807, 2.05) is 6.92 Å². The molecule has 5 nitrogen and oxygen atoms in total. The molecule has 0 saturated heterocycles. The molecule has 5 heteroatoms. The maximum Gasteiger partial charge on any atom is 0.205 e. The van der Waals surface area contributed by atoms with Gasteiger partial charge in [0.05, 0.1) is 0 Å². The SMILES string of the molecule is CCN=C(NN)NC(C)CCN(C)C. The van der Waals surface area contributed by atoms with E-state index >= 15 is 0 Å². The van der Waals surface area contributed by atoms with Crippen LogP contribution in [0.5, 0.6) is 0 Å². The number of nitrogens with one attached hydrogen (secondary N) is 2. The Morgan fingerprint density at radius 3 is 2.57 bits per heavy atom. The highest BCUT2D eigenvalue weighted by Gasteiger charge is 2.04. The molecule has 0 aromatic heterocycles. The number of hydrogen-bond donors (Lipinski definition) is 3. The van der Waals surface area contributed by atoms with E-state index in [4.69, 9.17) is 5.84 Å². The third-order valence-corrected chi connectivity index (χ3v) is 1.85. The van der Waals surface area contributed by atoms with Gasteiger partial charge in [0.1, 0.15) is 0 Å². The number of hydrogen-bond acceptors (Lipinski definition) is 3. The van der Waals surface area contributed by atoms with Crippen LogP contribution in [-0.2, 0) is 0 Å². The van der Waals surface area contributed by atoms with Crippen LogP contribution in [0.4, 0.5) is 0 Å². The monoisotopic (exact) mass is 201 g/mol. The number of aliphatic imine (C=N–C) groups is 1. The van der Waals surface area contributed by atoms with Crippen LogP contribution in [0.25, 0.3) is 0 Å². The number of nitrogens with zero attached hydrogens (tertiary/aromatic N) is 2. The second kappa shape index (κ2) is 7.58. The Bertz CT molecular complexity index is 167. The molecular weight excluding hydrogens is 178 g/mol. The van der Waals surface area contributed by atoms with Gasteiger partial charge in [0.2, 0.25) is 5.96 Å². The molecule has 0 aromatic rings. The van der Waals surface area contributed by atoms with Gasteiger partial charge < -0.3 is 10.2 Å². The quantitative estimate of drug-likeness (QED) is 0.248. The van der Waals surface area contributed by atoms with Gasteiger partial charge in [0.15, 0.2) is 0 Å². The molecule has 0 heterocycles. The smallest absolute Gasteiger partial charge is 0.205 e. The molecule has 1 unspecified atom stereocenters. The van der Waals surface area contributed by atoms with Crippen molar-refractivity contribution in [3.05, 3.63) is 0 Å². The van der Waals surface area contributed by atoms with Crippen molar-refractivity contribution in [2.75, 3.05) is 27.2 Å². The van der Waals surface area contributed by atoms with Gasteiger partial charge in [-0.15, -0.1) is 0 Å². The van der Waals surface area contributed by atoms with E-state index in [1.165, 1.54) is 0 Å². The minimum atomic E-state index is 0.374. The van der Waals surface area contributed by atoms with Gasteiger partial charge in [-0.1, -0.05) is 0 Å². The van der Waals surface area contributed by atoms with Crippen molar-refractivity contribution in [3.8, 4) is 0 Å². The molecule has 1 atom stereocenters. The number of hydrazine groups is 1. The van der Waals surface area contributed by atoms with E-state index in [0.29, 0.717) is 12.0 Å². The van der Waals surface area contributed by atoms with Gasteiger partial charge in [0.25, 0.3) is 0 Å². The van der Waals surface area contributed by atoms with Crippen LogP contribution >= 0.6 is 0 Å². The molecule has 4 N–H and O–H groups in total. The minimum absolute atomic E-state index is 0.374. The molecule has 0 bridgehead atoms. The van der Waals surface area contributed by atoms with E-state index in [2.05, 4.69) is 41.7 Å². The summed E-state index contributed by atoms with van der Waals surface area (Å²) in [6.07, 6.45) is 1.07. The molecule has 14 heavy (non-hydrogen) atoms. The average Bonchev–Trinajstić information content (AvgIpc) is 2.14. The predicted octanol–water partition coefficient (Wildman–Crippen LogP) is -0.245. The highest BCUT2D eigenvalue weighted by atomic mass is 15.3. The highest BCUT2D eigenvalue weighted by molar-refractivity contribution is 5.79. The van der Waals surface area contributed by atoms with Gasteiger partial charge in [-0.2, -0.15) is 0 Å². The van der Waals surface area contributed by atoms with Crippen molar-refractivity contribution >= 4 is 5.96 Å². The fraction of sp³-hybridized carbons (Fsp3) is 0.889. The maximum absolute atomic E-state index is 5.31. The summed E-state index contributed by atoms with van der Waals surface area (Å²) >= 11 is 0. The third kappa shape index (κ3) is 6.68. The summed E-state index contributed by atoms with van der Waals surface area (Å²) in [5.41, 5.74) is 2.55. The Labute approximate surface area is 86.7 Å². The Balaban J connectivity index is 3.79.